The summed E-state index contributed by atoms with van der Waals surface area (Å²) in [5.74, 6) is -0.827. The van der Waals surface area contributed by atoms with Crippen molar-refractivity contribution in [1.82, 2.24) is 9.80 Å². The lowest BCUT2D eigenvalue weighted by Crippen LogP contribution is -2.43. The molecule has 1 amide bonds. The van der Waals surface area contributed by atoms with Crippen molar-refractivity contribution >= 4 is 11.9 Å². The van der Waals surface area contributed by atoms with E-state index in [0.717, 1.165) is 54.9 Å². The maximum absolute atomic E-state index is 13.1. The molecule has 4 rings (SSSR count). The summed E-state index contributed by atoms with van der Waals surface area (Å²) in [6.45, 7) is 5.90. The fourth-order valence-corrected chi connectivity index (χ4v) is 4.29. The van der Waals surface area contributed by atoms with E-state index in [1.165, 1.54) is 12.8 Å². The summed E-state index contributed by atoms with van der Waals surface area (Å²) in [6, 6.07) is 13.4. The number of nitrogens with zero attached hydrogens (tertiary/aromatic N) is 2. The Balaban J connectivity index is 1.51. The molecule has 0 saturated carbocycles. The van der Waals surface area contributed by atoms with Gasteiger partial charge >= 0.3 is 5.97 Å². The quantitative estimate of drug-likeness (QED) is 0.865. The van der Waals surface area contributed by atoms with E-state index in [4.69, 9.17) is 5.11 Å². The minimum atomic E-state index is -0.935. The summed E-state index contributed by atoms with van der Waals surface area (Å²) in [4.78, 5) is 28.6. The summed E-state index contributed by atoms with van der Waals surface area (Å²) < 4.78 is 0. The number of benzene rings is 2. The SMILES string of the molecule is CC1CCCN1CCN1CCc2ccc(-c3ccc(C(=O)O)cc3)cc2C1=O. The van der Waals surface area contributed by atoms with E-state index in [-0.39, 0.29) is 11.5 Å². The molecular weight excluding hydrogens is 352 g/mol. The number of carbonyl (C=O) groups is 2. The smallest absolute Gasteiger partial charge is 0.335 e. The molecule has 0 bridgehead atoms. The zero-order chi connectivity index (χ0) is 19.7. The van der Waals surface area contributed by atoms with E-state index in [1.54, 1.807) is 24.3 Å². The molecule has 0 aromatic heterocycles. The lowest BCUT2D eigenvalue weighted by Gasteiger charge is -2.31. The Morgan fingerprint density at radius 3 is 2.50 bits per heavy atom. The first kappa shape index (κ1) is 18.7. The molecule has 146 valence electrons. The van der Waals surface area contributed by atoms with E-state index in [9.17, 15) is 9.59 Å². The van der Waals surface area contributed by atoms with Gasteiger partial charge in [-0.3, -0.25) is 9.69 Å². The van der Waals surface area contributed by atoms with E-state index < -0.39 is 5.97 Å². The third-order valence-corrected chi connectivity index (χ3v) is 6.09. The number of aromatic carboxylic acids is 1. The van der Waals surface area contributed by atoms with Gasteiger partial charge in [-0.05, 0) is 67.6 Å². The number of carboxylic acid groups (broad SMARTS) is 1. The van der Waals surface area contributed by atoms with E-state index in [2.05, 4.69) is 11.8 Å². The van der Waals surface area contributed by atoms with Crippen LogP contribution in [0.1, 0.15) is 46.0 Å². The summed E-state index contributed by atoms with van der Waals surface area (Å²) in [7, 11) is 0. The number of hydrogen-bond acceptors (Lipinski definition) is 3. The van der Waals surface area contributed by atoms with Crippen LogP contribution in [0.5, 0.6) is 0 Å². The number of hydrogen-bond donors (Lipinski definition) is 1. The molecular formula is C23H26N2O3. The van der Waals surface area contributed by atoms with Gasteiger partial charge in [0.05, 0.1) is 5.56 Å². The number of amides is 1. The third-order valence-electron chi connectivity index (χ3n) is 6.09. The van der Waals surface area contributed by atoms with Crippen LogP contribution in [0.4, 0.5) is 0 Å². The summed E-state index contributed by atoms with van der Waals surface area (Å²) in [6.07, 6.45) is 3.39. The maximum atomic E-state index is 13.1. The number of likely N-dealkylation sites (tertiary alicyclic amines) is 1. The molecule has 2 heterocycles. The summed E-state index contributed by atoms with van der Waals surface area (Å²) in [5.41, 5.74) is 4.00. The Morgan fingerprint density at radius 2 is 1.82 bits per heavy atom. The second-order valence-corrected chi connectivity index (χ2v) is 7.82. The zero-order valence-electron chi connectivity index (χ0n) is 16.2. The van der Waals surface area contributed by atoms with Crippen LogP contribution < -0.4 is 0 Å². The van der Waals surface area contributed by atoms with Crippen molar-refractivity contribution in [2.24, 2.45) is 0 Å². The Morgan fingerprint density at radius 1 is 1.07 bits per heavy atom. The highest BCUT2D eigenvalue weighted by Gasteiger charge is 2.26. The first-order valence-electron chi connectivity index (χ1n) is 10.0. The Labute approximate surface area is 165 Å². The number of fused-ring (bicyclic) bond motifs is 1. The molecule has 5 nitrogen and oxygen atoms in total. The van der Waals surface area contributed by atoms with Crippen LogP contribution >= 0.6 is 0 Å². The van der Waals surface area contributed by atoms with Crippen LogP contribution in [0, 0.1) is 0 Å². The first-order chi connectivity index (χ1) is 13.5. The van der Waals surface area contributed by atoms with Gasteiger partial charge in [0.25, 0.3) is 5.91 Å². The Hall–Kier alpha value is -2.66. The second-order valence-electron chi connectivity index (χ2n) is 7.82. The molecule has 5 heteroatoms. The van der Waals surface area contributed by atoms with Crippen LogP contribution in [0.2, 0.25) is 0 Å². The highest BCUT2D eigenvalue weighted by molar-refractivity contribution is 5.98. The predicted molar refractivity (Wildman–Crippen MR) is 109 cm³/mol. The zero-order valence-corrected chi connectivity index (χ0v) is 16.2. The van der Waals surface area contributed by atoms with Gasteiger partial charge in [-0.2, -0.15) is 0 Å². The van der Waals surface area contributed by atoms with Crippen molar-refractivity contribution in [1.29, 1.82) is 0 Å². The Kier molecular flexibility index (Phi) is 5.18. The van der Waals surface area contributed by atoms with E-state index >= 15 is 0 Å². The normalized spacial score (nSPS) is 19.7. The molecule has 28 heavy (non-hydrogen) atoms. The van der Waals surface area contributed by atoms with E-state index in [0.29, 0.717) is 6.04 Å². The van der Waals surface area contributed by atoms with Crippen molar-refractivity contribution < 1.29 is 14.7 Å². The van der Waals surface area contributed by atoms with Crippen molar-refractivity contribution in [3.05, 3.63) is 59.2 Å². The van der Waals surface area contributed by atoms with Crippen LogP contribution in [0.3, 0.4) is 0 Å². The first-order valence-corrected chi connectivity index (χ1v) is 10.0. The lowest BCUT2D eigenvalue weighted by molar-refractivity contribution is 0.0693. The second kappa shape index (κ2) is 7.76. The predicted octanol–water partition coefficient (Wildman–Crippen LogP) is 3.53. The summed E-state index contributed by atoms with van der Waals surface area (Å²) >= 11 is 0. The van der Waals surface area contributed by atoms with Gasteiger partial charge in [-0.15, -0.1) is 0 Å². The minimum absolute atomic E-state index is 0.108. The average molecular weight is 378 g/mol. The van der Waals surface area contributed by atoms with Gasteiger partial charge in [-0.1, -0.05) is 24.3 Å². The number of carbonyl (C=O) groups excluding carboxylic acids is 1. The molecule has 1 atom stereocenters. The third kappa shape index (κ3) is 3.67. The van der Waals surface area contributed by atoms with Crippen molar-refractivity contribution in [2.45, 2.75) is 32.2 Å². The average Bonchev–Trinajstić information content (AvgIpc) is 3.12. The van der Waals surface area contributed by atoms with Gasteiger partial charge in [0.1, 0.15) is 0 Å². The van der Waals surface area contributed by atoms with Crippen LogP contribution in [-0.2, 0) is 6.42 Å². The Bertz CT molecular complexity index is 891. The van der Waals surface area contributed by atoms with Gasteiger partial charge in [0, 0.05) is 31.2 Å². The molecule has 1 fully saturated rings. The lowest BCUT2D eigenvalue weighted by atomic mass is 9.94. The van der Waals surface area contributed by atoms with Crippen LogP contribution in [-0.4, -0.2) is 59.0 Å². The van der Waals surface area contributed by atoms with Crippen molar-refractivity contribution in [2.75, 3.05) is 26.2 Å². The summed E-state index contributed by atoms with van der Waals surface area (Å²) in [5, 5.41) is 9.06. The minimum Gasteiger partial charge on any atom is -0.478 e. The molecule has 1 unspecified atom stereocenters. The molecule has 0 radical (unpaired) electrons. The molecule has 2 aliphatic heterocycles. The largest absolute Gasteiger partial charge is 0.478 e. The standard InChI is InChI=1S/C23H26N2O3/c1-16-3-2-11-24(16)13-14-25-12-10-18-6-9-20(15-21(18)22(25)26)17-4-7-19(8-5-17)23(27)28/h4-9,15-16H,2-3,10-14H2,1H3,(H,27,28). The molecule has 2 aliphatic rings. The monoisotopic (exact) mass is 378 g/mol. The fourth-order valence-electron chi connectivity index (χ4n) is 4.29. The molecule has 2 aromatic carbocycles. The van der Waals surface area contributed by atoms with Gasteiger partial charge in [0.2, 0.25) is 0 Å². The topological polar surface area (TPSA) is 60.9 Å². The molecule has 1 N–H and O–H groups in total. The molecule has 0 aliphatic carbocycles. The highest BCUT2D eigenvalue weighted by Crippen LogP contribution is 2.27. The van der Waals surface area contributed by atoms with Crippen molar-refractivity contribution in [3.63, 3.8) is 0 Å². The molecule has 0 spiro atoms. The van der Waals surface area contributed by atoms with Gasteiger partial charge in [-0.25, -0.2) is 4.79 Å². The highest BCUT2D eigenvalue weighted by atomic mass is 16.4. The maximum Gasteiger partial charge on any atom is 0.335 e. The number of rotatable bonds is 5. The molecule has 2 aromatic rings. The van der Waals surface area contributed by atoms with Crippen molar-refractivity contribution in [3.8, 4) is 11.1 Å². The van der Waals surface area contributed by atoms with Crippen LogP contribution in [0.15, 0.2) is 42.5 Å². The van der Waals surface area contributed by atoms with E-state index in [1.807, 2.05) is 23.1 Å². The van der Waals surface area contributed by atoms with Gasteiger partial charge < -0.3 is 10.0 Å². The fraction of sp³-hybridized carbons (Fsp3) is 0.391. The van der Waals surface area contributed by atoms with Gasteiger partial charge in [0.15, 0.2) is 0 Å². The molecule has 1 saturated heterocycles. The number of carboxylic acids is 1. The van der Waals surface area contributed by atoms with Crippen LogP contribution in [0.25, 0.3) is 11.1 Å².